The summed E-state index contributed by atoms with van der Waals surface area (Å²) in [5.41, 5.74) is 2.58. The van der Waals surface area contributed by atoms with Crippen molar-refractivity contribution in [2.75, 3.05) is 7.11 Å². The maximum absolute atomic E-state index is 8.79. The van der Waals surface area contributed by atoms with Crippen LogP contribution in [0.5, 0.6) is 17.2 Å². The Bertz CT molecular complexity index is 945. The van der Waals surface area contributed by atoms with Crippen molar-refractivity contribution in [1.82, 2.24) is 0 Å². The molecule has 0 saturated carbocycles. The minimum absolute atomic E-state index is 0.309. The predicted molar refractivity (Wildman–Crippen MR) is 109 cm³/mol. The van der Waals surface area contributed by atoms with Gasteiger partial charge in [-0.1, -0.05) is 53.2 Å². The van der Waals surface area contributed by atoms with Crippen LogP contribution in [-0.2, 0) is 13.2 Å². The molecule has 5 nitrogen and oxygen atoms in total. The van der Waals surface area contributed by atoms with E-state index in [0.717, 1.165) is 11.1 Å². The summed E-state index contributed by atoms with van der Waals surface area (Å²) >= 11 is 5.97. The molecular weight excluding hydrogens is 378 g/mol. The molecule has 0 aromatic heterocycles. The van der Waals surface area contributed by atoms with Crippen LogP contribution in [0.4, 0.5) is 0 Å². The van der Waals surface area contributed by atoms with Gasteiger partial charge in [-0.3, -0.25) is 0 Å². The van der Waals surface area contributed by atoms with E-state index < -0.39 is 0 Å². The fourth-order valence-electron chi connectivity index (χ4n) is 2.63. The molecule has 0 fully saturated rings. The molecule has 0 aliphatic carbocycles. The standard InChI is InChI=1S/C22H20ClNO4/c1-26-22-11-17(7-9-21(22)28-14-16-5-3-2-4-6-16)15-27-20-10-8-19(23)12-18(20)13-24-25/h2-13,25H,14-15H2,1H3/b24-13+. The van der Waals surface area contributed by atoms with E-state index in [0.29, 0.717) is 41.0 Å². The van der Waals surface area contributed by atoms with Crippen molar-refractivity contribution >= 4 is 17.8 Å². The lowest BCUT2D eigenvalue weighted by Gasteiger charge is -2.13. The van der Waals surface area contributed by atoms with E-state index in [1.807, 2.05) is 48.5 Å². The fourth-order valence-corrected chi connectivity index (χ4v) is 2.81. The highest BCUT2D eigenvalue weighted by atomic mass is 35.5. The molecular formula is C22H20ClNO4. The van der Waals surface area contributed by atoms with Crippen LogP contribution in [0, 0.1) is 0 Å². The summed E-state index contributed by atoms with van der Waals surface area (Å²) in [6.07, 6.45) is 1.28. The number of hydrogen-bond acceptors (Lipinski definition) is 5. The summed E-state index contributed by atoms with van der Waals surface area (Å²) in [6, 6.07) is 20.7. The average Bonchev–Trinajstić information content (AvgIpc) is 2.73. The van der Waals surface area contributed by atoms with Crippen molar-refractivity contribution in [3.8, 4) is 17.2 Å². The van der Waals surface area contributed by atoms with Crippen molar-refractivity contribution in [2.45, 2.75) is 13.2 Å². The van der Waals surface area contributed by atoms with Gasteiger partial charge in [0, 0.05) is 10.6 Å². The normalized spacial score (nSPS) is 10.8. The summed E-state index contributed by atoms with van der Waals surface area (Å²) in [6.45, 7) is 0.769. The number of rotatable bonds is 8. The van der Waals surface area contributed by atoms with E-state index in [1.54, 1.807) is 25.3 Å². The van der Waals surface area contributed by atoms with E-state index in [9.17, 15) is 0 Å². The van der Waals surface area contributed by atoms with Gasteiger partial charge in [0.1, 0.15) is 19.0 Å². The van der Waals surface area contributed by atoms with Gasteiger partial charge in [-0.2, -0.15) is 0 Å². The number of methoxy groups -OCH3 is 1. The molecule has 1 N–H and O–H groups in total. The minimum Gasteiger partial charge on any atom is -0.493 e. The van der Waals surface area contributed by atoms with E-state index in [4.69, 9.17) is 31.0 Å². The second kappa shape index (κ2) is 9.67. The molecule has 3 aromatic carbocycles. The first kappa shape index (κ1) is 19.6. The maximum Gasteiger partial charge on any atom is 0.161 e. The molecule has 3 aromatic rings. The molecule has 0 atom stereocenters. The van der Waals surface area contributed by atoms with Gasteiger partial charge < -0.3 is 19.4 Å². The summed E-state index contributed by atoms with van der Waals surface area (Å²) in [4.78, 5) is 0. The van der Waals surface area contributed by atoms with Crippen LogP contribution >= 0.6 is 11.6 Å². The SMILES string of the molecule is COc1cc(COc2ccc(Cl)cc2/C=N/O)ccc1OCc1ccccc1. The van der Waals surface area contributed by atoms with Crippen molar-refractivity contribution in [1.29, 1.82) is 0 Å². The van der Waals surface area contributed by atoms with E-state index in [-0.39, 0.29) is 0 Å². The molecule has 0 radical (unpaired) electrons. The second-order valence-electron chi connectivity index (χ2n) is 5.97. The average molecular weight is 398 g/mol. The zero-order chi connectivity index (χ0) is 19.8. The molecule has 6 heteroatoms. The van der Waals surface area contributed by atoms with Crippen LogP contribution < -0.4 is 14.2 Å². The lowest BCUT2D eigenvalue weighted by molar-refractivity contribution is 0.281. The molecule has 144 valence electrons. The van der Waals surface area contributed by atoms with Gasteiger partial charge in [0.25, 0.3) is 0 Å². The number of ether oxygens (including phenoxy) is 3. The van der Waals surface area contributed by atoms with Crippen molar-refractivity contribution in [3.63, 3.8) is 0 Å². The Morgan fingerprint density at radius 3 is 2.32 bits per heavy atom. The second-order valence-corrected chi connectivity index (χ2v) is 6.41. The number of benzene rings is 3. The zero-order valence-electron chi connectivity index (χ0n) is 15.3. The van der Waals surface area contributed by atoms with Crippen molar-refractivity contribution < 1.29 is 19.4 Å². The molecule has 0 bridgehead atoms. The topological polar surface area (TPSA) is 60.3 Å². The zero-order valence-corrected chi connectivity index (χ0v) is 16.1. The third-order valence-electron chi connectivity index (χ3n) is 4.03. The quantitative estimate of drug-likeness (QED) is 0.317. The third kappa shape index (κ3) is 5.18. The first-order valence-corrected chi connectivity index (χ1v) is 9.01. The number of hydrogen-bond donors (Lipinski definition) is 1. The van der Waals surface area contributed by atoms with Crippen LogP contribution in [-0.4, -0.2) is 18.5 Å². The summed E-state index contributed by atoms with van der Waals surface area (Å²) in [5.74, 6) is 1.85. The Morgan fingerprint density at radius 2 is 1.57 bits per heavy atom. The summed E-state index contributed by atoms with van der Waals surface area (Å²) in [5, 5.41) is 12.4. The van der Waals surface area contributed by atoms with Gasteiger partial charge in [0.15, 0.2) is 11.5 Å². The summed E-state index contributed by atoms with van der Waals surface area (Å²) < 4.78 is 17.2. The first-order chi connectivity index (χ1) is 13.7. The molecule has 0 amide bonds. The van der Waals surface area contributed by atoms with Crippen LogP contribution in [0.25, 0.3) is 0 Å². The molecule has 28 heavy (non-hydrogen) atoms. The Morgan fingerprint density at radius 1 is 0.857 bits per heavy atom. The maximum atomic E-state index is 8.79. The Hall–Kier alpha value is -3.18. The predicted octanol–water partition coefficient (Wildman–Crippen LogP) is 5.31. The highest BCUT2D eigenvalue weighted by molar-refractivity contribution is 6.30. The van der Waals surface area contributed by atoms with Gasteiger partial charge in [0.2, 0.25) is 0 Å². The Balaban J connectivity index is 1.68. The minimum atomic E-state index is 0.309. The largest absolute Gasteiger partial charge is 0.493 e. The Kier molecular flexibility index (Phi) is 6.76. The highest BCUT2D eigenvalue weighted by Gasteiger charge is 2.08. The fraction of sp³-hybridized carbons (Fsp3) is 0.136. The monoisotopic (exact) mass is 397 g/mol. The van der Waals surface area contributed by atoms with Crippen LogP contribution in [0.1, 0.15) is 16.7 Å². The summed E-state index contributed by atoms with van der Waals surface area (Å²) in [7, 11) is 1.60. The van der Waals surface area contributed by atoms with Crippen molar-refractivity contribution in [2.24, 2.45) is 5.16 Å². The number of halogens is 1. The first-order valence-electron chi connectivity index (χ1n) is 8.63. The molecule has 0 heterocycles. The van der Waals surface area contributed by atoms with Gasteiger partial charge in [0.05, 0.1) is 13.3 Å². The van der Waals surface area contributed by atoms with E-state index in [2.05, 4.69) is 5.16 Å². The number of oxime groups is 1. The highest BCUT2D eigenvalue weighted by Crippen LogP contribution is 2.30. The van der Waals surface area contributed by atoms with Crippen LogP contribution in [0.15, 0.2) is 71.9 Å². The van der Waals surface area contributed by atoms with Crippen LogP contribution in [0.3, 0.4) is 0 Å². The molecule has 3 rings (SSSR count). The Labute approximate surface area is 168 Å². The van der Waals surface area contributed by atoms with E-state index >= 15 is 0 Å². The molecule has 0 spiro atoms. The molecule has 0 saturated heterocycles. The van der Waals surface area contributed by atoms with Crippen LogP contribution in [0.2, 0.25) is 5.02 Å². The van der Waals surface area contributed by atoms with Gasteiger partial charge >= 0.3 is 0 Å². The molecule has 0 aliphatic rings. The van der Waals surface area contributed by atoms with Gasteiger partial charge in [-0.05, 0) is 41.5 Å². The molecule has 0 aliphatic heterocycles. The lowest BCUT2D eigenvalue weighted by Crippen LogP contribution is -2.01. The number of nitrogens with zero attached hydrogens (tertiary/aromatic N) is 1. The van der Waals surface area contributed by atoms with E-state index in [1.165, 1.54) is 6.21 Å². The van der Waals surface area contributed by atoms with Gasteiger partial charge in [-0.15, -0.1) is 0 Å². The van der Waals surface area contributed by atoms with Crippen molar-refractivity contribution in [3.05, 3.63) is 88.4 Å². The lowest BCUT2D eigenvalue weighted by atomic mass is 10.2. The smallest absolute Gasteiger partial charge is 0.161 e. The molecule has 0 unspecified atom stereocenters. The third-order valence-corrected chi connectivity index (χ3v) is 4.26. The van der Waals surface area contributed by atoms with Gasteiger partial charge in [-0.25, -0.2) is 0 Å².